The first kappa shape index (κ1) is 13.1. The zero-order chi connectivity index (χ0) is 13.1. The van der Waals surface area contributed by atoms with E-state index in [1.54, 1.807) is 11.3 Å². The van der Waals surface area contributed by atoms with Crippen LogP contribution in [0.2, 0.25) is 0 Å². The second kappa shape index (κ2) is 5.56. The van der Waals surface area contributed by atoms with Crippen molar-refractivity contribution >= 4 is 22.5 Å². The Hall–Kier alpha value is -1.30. The third-order valence-electron chi connectivity index (χ3n) is 2.86. The Morgan fingerprint density at radius 3 is 2.56 bits per heavy atom. The number of carbonyl (C=O) groups excluding carboxylic acids is 1. The van der Waals surface area contributed by atoms with Crippen molar-refractivity contribution in [3.8, 4) is 0 Å². The zero-order valence-corrected chi connectivity index (χ0v) is 12.0. The van der Waals surface area contributed by atoms with Crippen LogP contribution in [0.1, 0.15) is 19.5 Å². The van der Waals surface area contributed by atoms with E-state index in [-0.39, 0.29) is 12.1 Å². The quantitative estimate of drug-likeness (QED) is 0.888. The Morgan fingerprint density at radius 1 is 1.39 bits per heavy atom. The molecule has 2 rings (SSSR count). The van der Waals surface area contributed by atoms with E-state index in [9.17, 15) is 4.79 Å². The minimum Gasteiger partial charge on any atom is -0.345 e. The molecular weight excluding hydrogens is 248 g/mol. The summed E-state index contributed by atoms with van der Waals surface area (Å²) in [5.74, 6) is 0. The van der Waals surface area contributed by atoms with Crippen LogP contribution in [0, 0.1) is 6.92 Å². The van der Waals surface area contributed by atoms with E-state index in [4.69, 9.17) is 0 Å². The summed E-state index contributed by atoms with van der Waals surface area (Å²) >= 11 is 1.67. The van der Waals surface area contributed by atoms with Crippen molar-refractivity contribution in [2.45, 2.75) is 26.8 Å². The van der Waals surface area contributed by atoms with Crippen LogP contribution in [0.3, 0.4) is 0 Å². The lowest BCUT2D eigenvalue weighted by Crippen LogP contribution is -2.52. The van der Waals surface area contributed by atoms with Gasteiger partial charge in [-0.3, -0.25) is 0 Å². The summed E-state index contributed by atoms with van der Waals surface area (Å²) in [4.78, 5) is 20.4. The lowest BCUT2D eigenvalue weighted by Gasteiger charge is -2.34. The fraction of sp³-hybridized carbons (Fsp3) is 0.667. The number of piperazine rings is 1. The molecule has 0 spiro atoms. The number of thiazole rings is 1. The number of nitrogens with zero attached hydrogens (tertiary/aromatic N) is 3. The van der Waals surface area contributed by atoms with Gasteiger partial charge in [0.25, 0.3) is 0 Å². The molecule has 2 heterocycles. The maximum atomic E-state index is 11.8. The van der Waals surface area contributed by atoms with Gasteiger partial charge in [-0.15, -0.1) is 11.3 Å². The number of aromatic nitrogens is 1. The molecule has 1 aliphatic rings. The van der Waals surface area contributed by atoms with Crippen LogP contribution >= 0.6 is 11.3 Å². The van der Waals surface area contributed by atoms with Crippen LogP contribution in [0.25, 0.3) is 0 Å². The predicted molar refractivity (Wildman–Crippen MR) is 74.3 cm³/mol. The number of amides is 2. The van der Waals surface area contributed by atoms with Gasteiger partial charge in [-0.2, -0.15) is 0 Å². The van der Waals surface area contributed by atoms with Crippen LogP contribution < -0.4 is 10.2 Å². The van der Waals surface area contributed by atoms with Crippen molar-refractivity contribution in [1.29, 1.82) is 0 Å². The second-order valence-corrected chi connectivity index (χ2v) is 5.69. The van der Waals surface area contributed by atoms with Gasteiger partial charge in [-0.1, -0.05) is 0 Å². The molecule has 0 unspecified atom stereocenters. The van der Waals surface area contributed by atoms with Gasteiger partial charge in [0, 0.05) is 37.6 Å². The van der Waals surface area contributed by atoms with Gasteiger partial charge in [-0.25, -0.2) is 9.78 Å². The first-order chi connectivity index (χ1) is 8.56. The molecule has 1 saturated heterocycles. The topological polar surface area (TPSA) is 48.5 Å². The molecule has 1 aromatic heterocycles. The van der Waals surface area contributed by atoms with E-state index in [0.29, 0.717) is 0 Å². The number of hydrogen-bond acceptors (Lipinski definition) is 4. The molecule has 5 nitrogen and oxygen atoms in total. The molecule has 0 aromatic carbocycles. The fourth-order valence-electron chi connectivity index (χ4n) is 1.93. The second-order valence-electron chi connectivity index (χ2n) is 4.85. The third kappa shape index (κ3) is 3.13. The highest BCUT2D eigenvalue weighted by molar-refractivity contribution is 7.13. The number of hydrogen-bond donors (Lipinski definition) is 1. The monoisotopic (exact) mass is 268 g/mol. The van der Waals surface area contributed by atoms with Gasteiger partial charge in [0.2, 0.25) is 0 Å². The summed E-state index contributed by atoms with van der Waals surface area (Å²) < 4.78 is 0. The molecule has 6 heteroatoms. The number of nitrogens with one attached hydrogen (secondary N) is 1. The highest BCUT2D eigenvalue weighted by Crippen LogP contribution is 2.21. The smallest absolute Gasteiger partial charge is 0.317 e. The molecule has 0 aliphatic carbocycles. The molecular formula is C12H20N4OS. The minimum atomic E-state index is 0.0416. The fourth-order valence-corrected chi connectivity index (χ4v) is 2.78. The highest BCUT2D eigenvalue weighted by Gasteiger charge is 2.22. The lowest BCUT2D eigenvalue weighted by atomic mass is 10.3. The Morgan fingerprint density at radius 2 is 2.06 bits per heavy atom. The molecule has 2 amide bonds. The molecule has 18 heavy (non-hydrogen) atoms. The van der Waals surface area contributed by atoms with Crippen molar-refractivity contribution in [3.05, 3.63) is 11.1 Å². The number of rotatable bonds is 2. The van der Waals surface area contributed by atoms with Crippen molar-refractivity contribution in [2.75, 3.05) is 31.1 Å². The summed E-state index contributed by atoms with van der Waals surface area (Å²) in [6, 6.07) is 0.233. The van der Waals surface area contributed by atoms with Crippen LogP contribution in [-0.2, 0) is 0 Å². The maximum Gasteiger partial charge on any atom is 0.317 e. The molecule has 100 valence electrons. The Balaban J connectivity index is 1.86. The van der Waals surface area contributed by atoms with Crippen molar-refractivity contribution in [1.82, 2.24) is 15.2 Å². The standard InChI is InChI=1S/C12H20N4OS/c1-9(2)13-11(17)15-4-6-16(7-5-15)12-14-10(3)8-18-12/h8-9H,4-7H2,1-3H3,(H,13,17). The molecule has 1 N–H and O–H groups in total. The zero-order valence-electron chi connectivity index (χ0n) is 11.1. The Kier molecular flexibility index (Phi) is 4.06. The number of urea groups is 1. The van der Waals surface area contributed by atoms with Gasteiger partial charge >= 0.3 is 6.03 Å². The van der Waals surface area contributed by atoms with E-state index in [1.165, 1.54) is 0 Å². The molecule has 0 atom stereocenters. The van der Waals surface area contributed by atoms with Gasteiger partial charge < -0.3 is 15.1 Å². The third-order valence-corrected chi connectivity index (χ3v) is 3.88. The predicted octanol–water partition coefficient (Wildman–Crippen LogP) is 1.69. The van der Waals surface area contributed by atoms with E-state index in [1.807, 2.05) is 25.7 Å². The van der Waals surface area contributed by atoms with Crippen molar-refractivity contribution < 1.29 is 4.79 Å². The molecule has 1 aliphatic heterocycles. The normalized spacial score (nSPS) is 16.2. The van der Waals surface area contributed by atoms with Crippen LogP contribution in [0.15, 0.2) is 5.38 Å². The molecule has 0 radical (unpaired) electrons. The van der Waals surface area contributed by atoms with Gasteiger partial charge in [0.15, 0.2) is 5.13 Å². The number of anilines is 1. The SMILES string of the molecule is Cc1csc(N2CCN(C(=O)NC(C)C)CC2)n1. The summed E-state index contributed by atoms with van der Waals surface area (Å²) in [6.45, 7) is 9.20. The van der Waals surface area contributed by atoms with Crippen molar-refractivity contribution in [2.24, 2.45) is 0 Å². The van der Waals surface area contributed by atoms with E-state index >= 15 is 0 Å². The largest absolute Gasteiger partial charge is 0.345 e. The van der Waals surface area contributed by atoms with Crippen molar-refractivity contribution in [3.63, 3.8) is 0 Å². The minimum absolute atomic E-state index is 0.0416. The van der Waals surface area contributed by atoms with Gasteiger partial charge in [0.05, 0.1) is 5.69 Å². The number of aryl methyl sites for hydroxylation is 1. The first-order valence-corrected chi connectivity index (χ1v) is 7.16. The van der Waals surface area contributed by atoms with E-state index < -0.39 is 0 Å². The molecule has 1 aromatic rings. The molecule has 0 bridgehead atoms. The first-order valence-electron chi connectivity index (χ1n) is 6.29. The lowest BCUT2D eigenvalue weighted by molar-refractivity contribution is 0.192. The molecule has 0 saturated carbocycles. The van der Waals surface area contributed by atoms with E-state index in [0.717, 1.165) is 37.0 Å². The molecule has 1 fully saturated rings. The average molecular weight is 268 g/mol. The van der Waals surface area contributed by atoms with Crippen LogP contribution in [0.4, 0.5) is 9.93 Å². The van der Waals surface area contributed by atoms with E-state index in [2.05, 4.69) is 20.6 Å². The summed E-state index contributed by atoms with van der Waals surface area (Å²) in [6.07, 6.45) is 0. The summed E-state index contributed by atoms with van der Waals surface area (Å²) in [7, 11) is 0. The maximum absolute atomic E-state index is 11.8. The number of carbonyl (C=O) groups is 1. The average Bonchev–Trinajstić information content (AvgIpc) is 2.75. The van der Waals surface area contributed by atoms with Gasteiger partial charge in [0.1, 0.15) is 0 Å². The Bertz CT molecular complexity index is 410. The van der Waals surface area contributed by atoms with Gasteiger partial charge in [-0.05, 0) is 20.8 Å². The summed E-state index contributed by atoms with van der Waals surface area (Å²) in [5.41, 5.74) is 1.06. The van der Waals surface area contributed by atoms with Crippen LogP contribution in [0.5, 0.6) is 0 Å². The Labute approximate surface area is 112 Å². The highest BCUT2D eigenvalue weighted by atomic mass is 32.1. The van der Waals surface area contributed by atoms with Crippen LogP contribution in [-0.4, -0.2) is 48.1 Å². The summed E-state index contributed by atoms with van der Waals surface area (Å²) in [5, 5.41) is 6.06.